The highest BCUT2D eigenvalue weighted by molar-refractivity contribution is 6.04. The third-order valence-electron chi connectivity index (χ3n) is 5.21. The molecule has 5 rings (SSSR count). The fourth-order valence-corrected chi connectivity index (χ4v) is 3.52. The first-order valence-corrected chi connectivity index (χ1v) is 10.7. The summed E-state index contributed by atoms with van der Waals surface area (Å²) in [6.45, 7) is 2.50. The van der Waals surface area contributed by atoms with Crippen LogP contribution in [0.2, 0.25) is 0 Å². The van der Waals surface area contributed by atoms with Crippen LogP contribution < -0.4 is 24.3 Å². The lowest BCUT2D eigenvalue weighted by atomic mass is 10.1. The van der Waals surface area contributed by atoms with Gasteiger partial charge in [0.15, 0.2) is 17.3 Å². The molecule has 9 nitrogen and oxygen atoms in total. The first-order chi connectivity index (χ1) is 16.6. The predicted molar refractivity (Wildman–Crippen MR) is 125 cm³/mol. The molecule has 1 N–H and O–H groups in total. The van der Waals surface area contributed by atoms with Crippen molar-refractivity contribution in [1.82, 2.24) is 14.8 Å². The van der Waals surface area contributed by atoms with Crippen LogP contribution in [0.25, 0.3) is 17.1 Å². The molecule has 0 atom stereocenters. The van der Waals surface area contributed by atoms with Gasteiger partial charge in [-0.25, -0.2) is 4.68 Å². The van der Waals surface area contributed by atoms with Crippen LogP contribution in [0.3, 0.4) is 0 Å². The molecule has 0 aliphatic carbocycles. The minimum Gasteiger partial charge on any atom is -0.497 e. The molecular weight excluding hydrogens is 436 g/mol. The quantitative estimate of drug-likeness (QED) is 0.440. The first kappa shape index (κ1) is 21.3. The molecule has 0 unspecified atom stereocenters. The Morgan fingerprint density at radius 3 is 2.53 bits per heavy atom. The highest BCUT2D eigenvalue weighted by atomic mass is 16.7. The van der Waals surface area contributed by atoms with Crippen LogP contribution in [0, 0.1) is 0 Å². The Hall–Kier alpha value is -4.53. The minimum absolute atomic E-state index is 0.160. The molecule has 0 saturated heterocycles. The molecule has 2 heterocycles. The number of benzene rings is 3. The van der Waals surface area contributed by atoms with Gasteiger partial charge in [-0.2, -0.15) is 4.98 Å². The predicted octanol–water partition coefficient (Wildman–Crippen LogP) is 4.32. The number of rotatable bonds is 7. The van der Waals surface area contributed by atoms with Gasteiger partial charge < -0.3 is 24.3 Å². The lowest BCUT2D eigenvalue weighted by Gasteiger charge is -2.09. The largest absolute Gasteiger partial charge is 0.497 e. The van der Waals surface area contributed by atoms with E-state index in [9.17, 15) is 4.79 Å². The second-order valence-electron chi connectivity index (χ2n) is 7.36. The third kappa shape index (κ3) is 4.23. The molecule has 4 aromatic rings. The van der Waals surface area contributed by atoms with E-state index >= 15 is 0 Å². The number of aromatic nitrogens is 3. The van der Waals surface area contributed by atoms with Gasteiger partial charge in [-0.3, -0.25) is 4.79 Å². The van der Waals surface area contributed by atoms with Crippen molar-refractivity contribution < 1.29 is 23.7 Å². The van der Waals surface area contributed by atoms with Gasteiger partial charge in [0.2, 0.25) is 6.79 Å². The van der Waals surface area contributed by atoms with Crippen LogP contribution >= 0.6 is 0 Å². The molecule has 9 heteroatoms. The summed E-state index contributed by atoms with van der Waals surface area (Å²) in [5.41, 5.74) is 2.75. The second-order valence-corrected chi connectivity index (χ2v) is 7.36. The molecular formula is C25H22N4O5. The van der Waals surface area contributed by atoms with E-state index in [-0.39, 0.29) is 18.7 Å². The van der Waals surface area contributed by atoms with Crippen molar-refractivity contribution in [2.45, 2.75) is 6.92 Å². The fraction of sp³-hybridized carbons (Fsp3) is 0.160. The minimum atomic E-state index is -0.246. The molecule has 1 aromatic heterocycles. The average molecular weight is 458 g/mol. The maximum absolute atomic E-state index is 12.7. The van der Waals surface area contributed by atoms with Crippen LogP contribution in [-0.2, 0) is 0 Å². The molecule has 1 amide bonds. The Labute approximate surface area is 195 Å². The number of carbonyl (C=O) groups excluding carboxylic acids is 1. The highest BCUT2D eigenvalue weighted by Crippen LogP contribution is 2.33. The van der Waals surface area contributed by atoms with Gasteiger partial charge in [0.1, 0.15) is 5.75 Å². The standard InChI is InChI=1S/C25H22N4O5/c1-3-32-25-27-23(16-4-11-20(31-2)12-5-16)29(28-25)19-9-7-18(8-10-19)26-24(30)17-6-13-21-22(14-17)34-15-33-21/h4-14H,3,15H2,1-2H3,(H,26,30). The Kier molecular flexibility index (Phi) is 5.73. The Balaban J connectivity index is 1.38. The van der Waals surface area contributed by atoms with Crippen molar-refractivity contribution in [3.05, 3.63) is 72.3 Å². The van der Waals surface area contributed by atoms with E-state index in [4.69, 9.17) is 18.9 Å². The van der Waals surface area contributed by atoms with Crippen molar-refractivity contribution in [2.24, 2.45) is 0 Å². The van der Waals surface area contributed by atoms with E-state index < -0.39 is 0 Å². The lowest BCUT2D eigenvalue weighted by molar-refractivity contribution is 0.102. The average Bonchev–Trinajstić information content (AvgIpc) is 3.51. The van der Waals surface area contributed by atoms with E-state index in [2.05, 4.69) is 15.4 Å². The van der Waals surface area contributed by atoms with Crippen LogP contribution in [0.1, 0.15) is 17.3 Å². The molecule has 0 saturated carbocycles. The normalized spacial score (nSPS) is 11.8. The third-order valence-corrected chi connectivity index (χ3v) is 5.21. The van der Waals surface area contributed by atoms with Gasteiger partial charge in [-0.15, -0.1) is 5.10 Å². The number of nitrogens with one attached hydrogen (secondary N) is 1. The SMILES string of the molecule is CCOc1nc(-c2ccc(OC)cc2)n(-c2ccc(NC(=O)c3ccc4c(c3)OCO4)cc2)n1. The molecule has 0 bridgehead atoms. The number of nitrogens with zero attached hydrogens (tertiary/aromatic N) is 3. The molecule has 3 aromatic carbocycles. The number of ether oxygens (including phenoxy) is 4. The highest BCUT2D eigenvalue weighted by Gasteiger charge is 2.17. The van der Waals surface area contributed by atoms with Crippen molar-refractivity contribution in [3.8, 4) is 40.3 Å². The number of methoxy groups -OCH3 is 1. The van der Waals surface area contributed by atoms with Crippen molar-refractivity contribution in [3.63, 3.8) is 0 Å². The second kappa shape index (κ2) is 9.14. The summed E-state index contributed by atoms with van der Waals surface area (Å²) in [7, 11) is 1.62. The summed E-state index contributed by atoms with van der Waals surface area (Å²) in [6, 6.07) is 20.2. The van der Waals surface area contributed by atoms with Gasteiger partial charge in [0.05, 0.1) is 19.4 Å². The van der Waals surface area contributed by atoms with Crippen LogP contribution in [0.4, 0.5) is 5.69 Å². The summed E-state index contributed by atoms with van der Waals surface area (Å²) in [6.07, 6.45) is 0. The van der Waals surface area contributed by atoms with Crippen LogP contribution in [0.15, 0.2) is 66.7 Å². The lowest BCUT2D eigenvalue weighted by Crippen LogP contribution is -2.11. The molecule has 1 aliphatic rings. The molecule has 34 heavy (non-hydrogen) atoms. The number of fused-ring (bicyclic) bond motifs is 1. The first-order valence-electron chi connectivity index (χ1n) is 10.7. The summed E-state index contributed by atoms with van der Waals surface area (Å²) in [5.74, 6) is 2.33. The van der Waals surface area contributed by atoms with E-state index in [0.29, 0.717) is 35.2 Å². The van der Waals surface area contributed by atoms with Crippen molar-refractivity contribution in [2.75, 3.05) is 25.8 Å². The van der Waals surface area contributed by atoms with Crippen LogP contribution in [0.5, 0.6) is 23.3 Å². The number of amides is 1. The Morgan fingerprint density at radius 1 is 1.03 bits per heavy atom. The van der Waals surface area contributed by atoms with Gasteiger partial charge in [-0.05, 0) is 73.7 Å². The number of anilines is 1. The zero-order valence-corrected chi connectivity index (χ0v) is 18.6. The molecule has 0 fully saturated rings. The van der Waals surface area contributed by atoms with Crippen molar-refractivity contribution in [1.29, 1.82) is 0 Å². The summed E-state index contributed by atoms with van der Waals surface area (Å²) >= 11 is 0. The maximum atomic E-state index is 12.7. The number of hydrogen-bond donors (Lipinski definition) is 1. The maximum Gasteiger partial charge on any atom is 0.336 e. The van der Waals surface area contributed by atoms with E-state index in [1.165, 1.54) is 0 Å². The van der Waals surface area contributed by atoms with Crippen LogP contribution in [-0.4, -0.2) is 41.2 Å². The van der Waals surface area contributed by atoms with E-state index in [0.717, 1.165) is 17.0 Å². The molecule has 0 spiro atoms. The molecule has 0 radical (unpaired) electrons. The smallest absolute Gasteiger partial charge is 0.336 e. The topological polar surface area (TPSA) is 96.7 Å². The van der Waals surface area contributed by atoms with Gasteiger partial charge in [0.25, 0.3) is 5.91 Å². The molecule has 1 aliphatic heterocycles. The Bertz CT molecular complexity index is 1320. The summed E-state index contributed by atoms with van der Waals surface area (Å²) in [4.78, 5) is 17.2. The van der Waals surface area contributed by atoms with E-state index in [1.54, 1.807) is 42.1 Å². The zero-order chi connectivity index (χ0) is 23.5. The van der Waals surface area contributed by atoms with Gasteiger partial charge in [-0.1, -0.05) is 0 Å². The van der Waals surface area contributed by atoms with E-state index in [1.807, 2.05) is 43.3 Å². The summed E-state index contributed by atoms with van der Waals surface area (Å²) < 4.78 is 23.1. The van der Waals surface area contributed by atoms with Gasteiger partial charge >= 0.3 is 6.01 Å². The van der Waals surface area contributed by atoms with Gasteiger partial charge in [0, 0.05) is 16.8 Å². The van der Waals surface area contributed by atoms with Crippen molar-refractivity contribution >= 4 is 11.6 Å². The zero-order valence-electron chi connectivity index (χ0n) is 18.6. The summed E-state index contributed by atoms with van der Waals surface area (Å²) in [5, 5.41) is 7.39. The Morgan fingerprint density at radius 2 is 1.79 bits per heavy atom. The molecule has 172 valence electrons. The number of hydrogen-bond acceptors (Lipinski definition) is 7. The monoisotopic (exact) mass is 458 g/mol. The fourth-order valence-electron chi connectivity index (χ4n) is 3.52. The number of carbonyl (C=O) groups is 1.